The summed E-state index contributed by atoms with van der Waals surface area (Å²) < 4.78 is 0. The van der Waals surface area contributed by atoms with E-state index in [1.165, 1.54) is 16.7 Å². The first-order chi connectivity index (χ1) is 14.2. The molecule has 2 saturated heterocycles. The first-order valence-electron chi connectivity index (χ1n) is 11.3. The molecule has 0 aromatic heterocycles. The highest BCUT2D eigenvalue weighted by molar-refractivity contribution is 5.79. The predicted molar refractivity (Wildman–Crippen MR) is 119 cm³/mol. The van der Waals surface area contributed by atoms with Crippen molar-refractivity contribution >= 4 is 5.91 Å². The number of benzene rings is 2. The van der Waals surface area contributed by atoms with Crippen molar-refractivity contribution in [3.8, 4) is 0 Å². The average molecular weight is 391 g/mol. The minimum absolute atomic E-state index is 0.180. The predicted octanol–water partition coefficient (Wildman–Crippen LogP) is 4.69. The van der Waals surface area contributed by atoms with Crippen molar-refractivity contribution in [1.82, 2.24) is 9.80 Å². The summed E-state index contributed by atoms with van der Waals surface area (Å²) in [6, 6.07) is 19.6. The second-order valence-electron chi connectivity index (χ2n) is 9.02. The van der Waals surface area contributed by atoms with E-state index in [1.54, 1.807) is 0 Å². The minimum atomic E-state index is 0.180. The molecule has 0 radical (unpaired) electrons. The third kappa shape index (κ3) is 5.48. The third-order valence-corrected chi connectivity index (χ3v) is 6.67. The summed E-state index contributed by atoms with van der Waals surface area (Å²) >= 11 is 0. The van der Waals surface area contributed by atoms with Crippen LogP contribution >= 0.6 is 0 Å². The third-order valence-electron chi connectivity index (χ3n) is 6.67. The maximum atomic E-state index is 13.2. The number of hydrogen-bond donors (Lipinski definition) is 0. The number of nitrogens with zero attached hydrogens (tertiary/aromatic N) is 2. The fraction of sp³-hybridized carbons (Fsp3) is 0.500. The lowest BCUT2D eigenvalue weighted by Crippen LogP contribution is -2.47. The standard InChI is InChI=1S/C26H34N2O/c1-21-9-11-24(12-10-21)19-27-15-5-8-25(20-27)26(29)28-16-13-23(14-17-28)18-22-6-3-2-4-7-22/h2-4,6-7,9-12,23,25H,5,8,13-20H2,1H3/t25-/m1/s1. The van der Waals surface area contributed by atoms with Gasteiger partial charge in [0.15, 0.2) is 0 Å². The van der Waals surface area contributed by atoms with Crippen LogP contribution in [0, 0.1) is 18.8 Å². The molecule has 3 heteroatoms. The van der Waals surface area contributed by atoms with E-state index in [0.29, 0.717) is 11.8 Å². The van der Waals surface area contributed by atoms with Crippen molar-refractivity contribution in [3.05, 3.63) is 71.3 Å². The van der Waals surface area contributed by atoms with Crippen molar-refractivity contribution in [1.29, 1.82) is 0 Å². The largest absolute Gasteiger partial charge is 0.342 e. The summed E-state index contributed by atoms with van der Waals surface area (Å²) in [5.41, 5.74) is 4.08. The van der Waals surface area contributed by atoms with Gasteiger partial charge >= 0.3 is 0 Å². The lowest BCUT2D eigenvalue weighted by atomic mass is 9.89. The van der Waals surface area contributed by atoms with Gasteiger partial charge in [-0.05, 0) is 62.6 Å². The summed E-state index contributed by atoms with van der Waals surface area (Å²) in [6.45, 7) is 6.98. The molecule has 2 aromatic rings. The van der Waals surface area contributed by atoms with E-state index >= 15 is 0 Å². The van der Waals surface area contributed by atoms with Gasteiger partial charge < -0.3 is 4.90 Å². The van der Waals surface area contributed by atoms with Gasteiger partial charge in [0, 0.05) is 26.2 Å². The van der Waals surface area contributed by atoms with Gasteiger partial charge in [-0.15, -0.1) is 0 Å². The first-order valence-corrected chi connectivity index (χ1v) is 11.3. The van der Waals surface area contributed by atoms with Crippen LogP contribution in [0.25, 0.3) is 0 Å². The van der Waals surface area contributed by atoms with Crippen LogP contribution in [-0.2, 0) is 17.8 Å². The summed E-state index contributed by atoms with van der Waals surface area (Å²) in [6.07, 6.45) is 5.61. The Kier molecular flexibility index (Phi) is 6.66. The van der Waals surface area contributed by atoms with Crippen molar-refractivity contribution in [2.75, 3.05) is 26.2 Å². The monoisotopic (exact) mass is 390 g/mol. The molecule has 2 fully saturated rings. The SMILES string of the molecule is Cc1ccc(CN2CCC[C@@H](C(=O)N3CCC(Cc4ccccc4)CC3)C2)cc1. The van der Waals surface area contributed by atoms with E-state index in [1.807, 2.05) is 0 Å². The molecule has 3 nitrogen and oxygen atoms in total. The number of hydrogen-bond acceptors (Lipinski definition) is 2. The van der Waals surface area contributed by atoms with E-state index in [0.717, 1.165) is 64.8 Å². The van der Waals surface area contributed by atoms with Gasteiger partial charge in [0.2, 0.25) is 5.91 Å². The molecule has 154 valence electrons. The summed E-state index contributed by atoms with van der Waals surface area (Å²) in [5, 5.41) is 0. The maximum Gasteiger partial charge on any atom is 0.226 e. The van der Waals surface area contributed by atoms with Crippen LogP contribution in [-0.4, -0.2) is 41.9 Å². The first kappa shape index (κ1) is 20.2. The van der Waals surface area contributed by atoms with Crippen LogP contribution in [0.15, 0.2) is 54.6 Å². The van der Waals surface area contributed by atoms with Gasteiger partial charge in [0.1, 0.15) is 0 Å². The van der Waals surface area contributed by atoms with Crippen LogP contribution in [0.5, 0.6) is 0 Å². The summed E-state index contributed by atoms with van der Waals surface area (Å²) in [4.78, 5) is 17.8. The zero-order valence-electron chi connectivity index (χ0n) is 17.7. The van der Waals surface area contributed by atoms with Crippen LogP contribution < -0.4 is 0 Å². The van der Waals surface area contributed by atoms with E-state index < -0.39 is 0 Å². The Balaban J connectivity index is 1.26. The molecular formula is C26H34N2O. The Morgan fingerprint density at radius 2 is 1.62 bits per heavy atom. The molecule has 0 saturated carbocycles. The van der Waals surface area contributed by atoms with Gasteiger partial charge in [-0.2, -0.15) is 0 Å². The van der Waals surface area contributed by atoms with Crippen molar-refractivity contribution in [2.24, 2.45) is 11.8 Å². The normalized spacial score (nSPS) is 21.3. The second-order valence-corrected chi connectivity index (χ2v) is 9.02. The van der Waals surface area contributed by atoms with E-state index in [4.69, 9.17) is 0 Å². The molecule has 0 unspecified atom stereocenters. The van der Waals surface area contributed by atoms with Gasteiger partial charge in [0.25, 0.3) is 0 Å². The molecule has 1 atom stereocenters. The maximum absolute atomic E-state index is 13.2. The number of aryl methyl sites for hydroxylation is 1. The molecule has 0 spiro atoms. The van der Waals surface area contributed by atoms with Gasteiger partial charge in [-0.1, -0.05) is 60.2 Å². The Morgan fingerprint density at radius 1 is 0.897 bits per heavy atom. The molecule has 4 rings (SSSR count). The minimum Gasteiger partial charge on any atom is -0.342 e. The molecule has 0 bridgehead atoms. The van der Waals surface area contributed by atoms with E-state index in [9.17, 15) is 4.79 Å². The number of likely N-dealkylation sites (tertiary alicyclic amines) is 2. The Labute approximate surface area is 175 Å². The topological polar surface area (TPSA) is 23.6 Å². The molecular weight excluding hydrogens is 356 g/mol. The number of rotatable bonds is 5. The number of amides is 1. The fourth-order valence-corrected chi connectivity index (χ4v) is 4.92. The second kappa shape index (κ2) is 9.58. The Hall–Kier alpha value is -2.13. The molecule has 29 heavy (non-hydrogen) atoms. The molecule has 0 aliphatic carbocycles. The van der Waals surface area contributed by atoms with Crippen LogP contribution in [0.4, 0.5) is 0 Å². The van der Waals surface area contributed by atoms with Gasteiger partial charge in [0.05, 0.1) is 5.92 Å². The summed E-state index contributed by atoms with van der Waals surface area (Å²) in [7, 11) is 0. The molecule has 1 amide bonds. The number of carbonyl (C=O) groups excluding carboxylic acids is 1. The number of piperidine rings is 2. The smallest absolute Gasteiger partial charge is 0.226 e. The molecule has 0 N–H and O–H groups in total. The molecule has 2 aromatic carbocycles. The van der Waals surface area contributed by atoms with Gasteiger partial charge in [-0.25, -0.2) is 0 Å². The highest BCUT2D eigenvalue weighted by Crippen LogP contribution is 2.26. The fourth-order valence-electron chi connectivity index (χ4n) is 4.92. The van der Waals surface area contributed by atoms with Crippen molar-refractivity contribution in [2.45, 2.75) is 45.6 Å². The van der Waals surface area contributed by atoms with Crippen LogP contribution in [0.3, 0.4) is 0 Å². The molecule has 2 aliphatic rings. The van der Waals surface area contributed by atoms with Crippen LogP contribution in [0.2, 0.25) is 0 Å². The Bertz CT molecular complexity index is 778. The zero-order valence-corrected chi connectivity index (χ0v) is 17.7. The lowest BCUT2D eigenvalue weighted by Gasteiger charge is -2.38. The molecule has 2 heterocycles. The summed E-state index contributed by atoms with van der Waals surface area (Å²) in [5.74, 6) is 1.29. The quantitative estimate of drug-likeness (QED) is 0.739. The van der Waals surface area contributed by atoms with Crippen LogP contribution in [0.1, 0.15) is 42.4 Å². The van der Waals surface area contributed by atoms with Crippen molar-refractivity contribution in [3.63, 3.8) is 0 Å². The van der Waals surface area contributed by atoms with Crippen molar-refractivity contribution < 1.29 is 4.79 Å². The average Bonchev–Trinajstić information content (AvgIpc) is 2.76. The zero-order chi connectivity index (χ0) is 20.1. The van der Waals surface area contributed by atoms with Gasteiger partial charge in [-0.3, -0.25) is 9.69 Å². The molecule has 2 aliphatic heterocycles. The number of carbonyl (C=O) groups is 1. The Morgan fingerprint density at radius 3 is 2.34 bits per heavy atom. The van der Waals surface area contributed by atoms with E-state index in [-0.39, 0.29) is 5.92 Å². The van der Waals surface area contributed by atoms with E-state index in [2.05, 4.69) is 71.3 Å². The lowest BCUT2D eigenvalue weighted by molar-refractivity contribution is -0.138. The highest BCUT2D eigenvalue weighted by atomic mass is 16.2. The highest BCUT2D eigenvalue weighted by Gasteiger charge is 2.31.